The van der Waals surface area contributed by atoms with Crippen molar-refractivity contribution in [2.75, 3.05) is 20.1 Å². The maximum absolute atomic E-state index is 11.0. The smallest absolute Gasteiger partial charge is 0.309 e. The van der Waals surface area contributed by atoms with E-state index >= 15 is 0 Å². The molecule has 4 nitrogen and oxygen atoms in total. The van der Waals surface area contributed by atoms with Gasteiger partial charge in [-0.2, -0.15) is 0 Å². The molecule has 1 aromatic rings. The van der Waals surface area contributed by atoms with Crippen LogP contribution >= 0.6 is 0 Å². The molecule has 0 unspecified atom stereocenters. The molecule has 0 spiro atoms. The highest BCUT2D eigenvalue weighted by Gasteiger charge is 2.25. The summed E-state index contributed by atoms with van der Waals surface area (Å²) in [5.74, 6) is -0.707. The minimum Gasteiger partial charge on any atom is -0.481 e. The third kappa shape index (κ3) is 6.15. The van der Waals surface area contributed by atoms with Gasteiger partial charge >= 0.3 is 5.97 Å². The quantitative estimate of drug-likeness (QED) is 0.706. The number of hydrogen-bond acceptors (Lipinski definition) is 3. The Balaban J connectivity index is 2.15. The molecule has 0 aliphatic carbocycles. The van der Waals surface area contributed by atoms with E-state index < -0.39 is 11.4 Å². The third-order valence-corrected chi connectivity index (χ3v) is 3.65. The van der Waals surface area contributed by atoms with E-state index in [1.807, 2.05) is 24.4 Å². The van der Waals surface area contributed by atoms with Gasteiger partial charge in [0.1, 0.15) is 0 Å². The fraction of sp³-hybridized carbons (Fsp3) is 0.625. The van der Waals surface area contributed by atoms with Crippen LogP contribution in [0.15, 0.2) is 24.4 Å². The van der Waals surface area contributed by atoms with Gasteiger partial charge in [-0.15, -0.1) is 0 Å². The van der Waals surface area contributed by atoms with Crippen LogP contribution in [0.2, 0.25) is 0 Å². The molecule has 0 saturated carbocycles. The summed E-state index contributed by atoms with van der Waals surface area (Å²) in [7, 11) is 2.10. The number of rotatable bonds is 9. The molecule has 1 N–H and O–H groups in total. The lowest BCUT2D eigenvalue weighted by atomic mass is 9.87. The van der Waals surface area contributed by atoms with Crippen LogP contribution in [0.1, 0.15) is 38.8 Å². The van der Waals surface area contributed by atoms with Gasteiger partial charge in [0.25, 0.3) is 0 Å². The molecule has 1 rings (SSSR count). The summed E-state index contributed by atoms with van der Waals surface area (Å²) in [4.78, 5) is 17.6. The summed E-state index contributed by atoms with van der Waals surface area (Å²) in [6, 6.07) is 5.98. The largest absolute Gasteiger partial charge is 0.481 e. The monoisotopic (exact) mass is 278 g/mol. The fourth-order valence-corrected chi connectivity index (χ4v) is 2.02. The molecule has 0 aromatic carbocycles. The molecule has 1 aromatic heterocycles. The Kier molecular flexibility index (Phi) is 6.65. The highest BCUT2D eigenvalue weighted by Crippen LogP contribution is 2.23. The van der Waals surface area contributed by atoms with E-state index in [-0.39, 0.29) is 0 Å². The normalized spacial score (nSPS) is 11.8. The zero-order valence-corrected chi connectivity index (χ0v) is 12.8. The van der Waals surface area contributed by atoms with Crippen LogP contribution in [0.5, 0.6) is 0 Å². The van der Waals surface area contributed by atoms with E-state index in [1.165, 1.54) is 0 Å². The number of hydrogen-bond donors (Lipinski definition) is 1. The Hall–Kier alpha value is -1.42. The van der Waals surface area contributed by atoms with Gasteiger partial charge in [0.2, 0.25) is 0 Å². The Bertz CT molecular complexity index is 404. The first-order valence-electron chi connectivity index (χ1n) is 7.23. The summed E-state index contributed by atoms with van der Waals surface area (Å²) in [5, 5.41) is 9.04. The van der Waals surface area contributed by atoms with Crippen molar-refractivity contribution in [2.24, 2.45) is 5.41 Å². The van der Waals surface area contributed by atoms with Gasteiger partial charge in [-0.1, -0.05) is 12.5 Å². The second-order valence-electron chi connectivity index (χ2n) is 6.02. The molecule has 1 heterocycles. The van der Waals surface area contributed by atoms with Gasteiger partial charge in [0.15, 0.2) is 0 Å². The average molecular weight is 278 g/mol. The molecule has 4 heteroatoms. The summed E-state index contributed by atoms with van der Waals surface area (Å²) in [5.41, 5.74) is 0.512. The molecule has 0 radical (unpaired) electrons. The predicted octanol–water partition coefficient (Wildman–Crippen LogP) is 2.84. The third-order valence-electron chi connectivity index (χ3n) is 3.65. The number of unbranched alkanes of at least 4 members (excludes halogenated alkanes) is 1. The van der Waals surface area contributed by atoms with Crippen LogP contribution in [-0.2, 0) is 11.2 Å². The summed E-state index contributed by atoms with van der Waals surface area (Å²) in [6.07, 6.45) is 5.50. The van der Waals surface area contributed by atoms with E-state index in [2.05, 4.69) is 16.9 Å². The molecule has 0 aliphatic rings. The van der Waals surface area contributed by atoms with Crippen LogP contribution in [0.25, 0.3) is 0 Å². The second kappa shape index (κ2) is 8.00. The summed E-state index contributed by atoms with van der Waals surface area (Å²) >= 11 is 0. The first-order chi connectivity index (χ1) is 9.42. The van der Waals surface area contributed by atoms with Gasteiger partial charge in [-0.05, 0) is 52.4 Å². The highest BCUT2D eigenvalue weighted by molar-refractivity contribution is 5.73. The predicted molar refractivity (Wildman–Crippen MR) is 80.7 cm³/mol. The van der Waals surface area contributed by atoms with Crippen molar-refractivity contribution in [3.05, 3.63) is 30.1 Å². The molecule has 0 fully saturated rings. The van der Waals surface area contributed by atoms with Crippen LogP contribution < -0.4 is 0 Å². The van der Waals surface area contributed by atoms with Crippen molar-refractivity contribution >= 4 is 5.97 Å². The molecule has 0 aliphatic heterocycles. The van der Waals surface area contributed by atoms with Gasteiger partial charge < -0.3 is 10.0 Å². The van der Waals surface area contributed by atoms with E-state index in [9.17, 15) is 4.79 Å². The fourth-order valence-electron chi connectivity index (χ4n) is 2.02. The molecule has 0 atom stereocenters. The van der Waals surface area contributed by atoms with Crippen molar-refractivity contribution in [1.82, 2.24) is 9.88 Å². The molecule has 112 valence electrons. The lowest BCUT2D eigenvalue weighted by Crippen LogP contribution is -2.25. The molecule has 0 saturated heterocycles. The summed E-state index contributed by atoms with van der Waals surface area (Å²) < 4.78 is 0. The van der Waals surface area contributed by atoms with Crippen molar-refractivity contribution in [3.63, 3.8) is 0 Å². The van der Waals surface area contributed by atoms with Gasteiger partial charge in [0.05, 0.1) is 5.41 Å². The number of aromatic nitrogens is 1. The maximum Gasteiger partial charge on any atom is 0.309 e. The first kappa shape index (κ1) is 16.6. The standard InChI is InChI=1S/C16H26N2O2/c1-16(2,15(19)20)10-5-7-12-18(3)13-9-14-8-4-6-11-17-14/h4,6,8,11H,5,7,9-10,12-13H2,1-3H3,(H,19,20). The van der Waals surface area contributed by atoms with Crippen molar-refractivity contribution in [2.45, 2.75) is 39.5 Å². The molecule has 0 bridgehead atoms. The van der Waals surface area contributed by atoms with E-state index in [0.29, 0.717) is 0 Å². The van der Waals surface area contributed by atoms with Gasteiger partial charge in [-0.3, -0.25) is 9.78 Å². The van der Waals surface area contributed by atoms with Crippen LogP contribution in [0.3, 0.4) is 0 Å². The van der Waals surface area contributed by atoms with E-state index in [1.54, 1.807) is 13.8 Å². The zero-order valence-electron chi connectivity index (χ0n) is 12.8. The number of likely N-dealkylation sites (N-methyl/N-ethyl adjacent to an activating group) is 1. The SMILES string of the molecule is CN(CCCCC(C)(C)C(=O)O)CCc1ccccn1. The first-order valence-corrected chi connectivity index (χ1v) is 7.23. The van der Waals surface area contributed by atoms with E-state index in [0.717, 1.165) is 44.5 Å². The lowest BCUT2D eigenvalue weighted by molar-refractivity contribution is -0.147. The summed E-state index contributed by atoms with van der Waals surface area (Å²) in [6.45, 7) is 5.57. The number of pyridine rings is 1. The number of nitrogens with zero attached hydrogens (tertiary/aromatic N) is 2. The molecular weight excluding hydrogens is 252 g/mol. The second-order valence-corrected chi connectivity index (χ2v) is 6.02. The average Bonchev–Trinajstić information content (AvgIpc) is 2.42. The Morgan fingerprint density at radius 1 is 1.30 bits per heavy atom. The minimum atomic E-state index is -0.707. The van der Waals surface area contributed by atoms with Crippen LogP contribution in [0, 0.1) is 5.41 Å². The van der Waals surface area contributed by atoms with Gasteiger partial charge in [0, 0.05) is 24.9 Å². The van der Waals surface area contributed by atoms with Crippen LogP contribution in [0.4, 0.5) is 0 Å². The molecular formula is C16H26N2O2. The number of carboxylic acids is 1. The molecule has 0 amide bonds. The van der Waals surface area contributed by atoms with Crippen molar-refractivity contribution in [1.29, 1.82) is 0 Å². The highest BCUT2D eigenvalue weighted by atomic mass is 16.4. The number of aliphatic carboxylic acids is 1. The Morgan fingerprint density at radius 3 is 2.65 bits per heavy atom. The number of carbonyl (C=O) groups is 1. The maximum atomic E-state index is 11.0. The van der Waals surface area contributed by atoms with E-state index in [4.69, 9.17) is 5.11 Å². The topological polar surface area (TPSA) is 53.4 Å². The minimum absolute atomic E-state index is 0.605. The van der Waals surface area contributed by atoms with Crippen LogP contribution in [-0.4, -0.2) is 41.1 Å². The lowest BCUT2D eigenvalue weighted by Gasteiger charge is -2.20. The number of carboxylic acid groups (broad SMARTS) is 1. The van der Waals surface area contributed by atoms with Crippen molar-refractivity contribution < 1.29 is 9.90 Å². The zero-order chi connectivity index (χ0) is 15.0. The van der Waals surface area contributed by atoms with Gasteiger partial charge in [-0.25, -0.2) is 0 Å². The Morgan fingerprint density at radius 2 is 2.05 bits per heavy atom. The Labute approximate surface area is 121 Å². The van der Waals surface area contributed by atoms with Crippen molar-refractivity contribution in [3.8, 4) is 0 Å². The molecule has 20 heavy (non-hydrogen) atoms.